The first-order valence-corrected chi connectivity index (χ1v) is 8.25. The van der Waals surface area contributed by atoms with Gasteiger partial charge in [-0.1, -0.05) is 19.3 Å². The lowest BCUT2D eigenvalue weighted by molar-refractivity contribution is 0.0922. The zero-order valence-corrected chi connectivity index (χ0v) is 13.6. The van der Waals surface area contributed by atoms with E-state index in [0.29, 0.717) is 24.4 Å². The summed E-state index contributed by atoms with van der Waals surface area (Å²) in [4.78, 5) is 28.4. The third-order valence-corrected chi connectivity index (χ3v) is 4.01. The molecule has 126 valence electrons. The van der Waals surface area contributed by atoms with E-state index in [0.717, 1.165) is 32.1 Å². The lowest BCUT2D eigenvalue weighted by atomic mass is 9.95. The third kappa shape index (κ3) is 5.63. The first-order chi connectivity index (χ1) is 11.2. The van der Waals surface area contributed by atoms with Crippen LogP contribution in [0, 0.1) is 0 Å². The number of pyridine rings is 1. The van der Waals surface area contributed by atoms with E-state index < -0.39 is 0 Å². The van der Waals surface area contributed by atoms with Crippen LogP contribution in [0.4, 0.5) is 0 Å². The number of carbonyl (C=O) groups excluding carboxylic acids is 2. The fourth-order valence-electron chi connectivity index (χ4n) is 2.72. The van der Waals surface area contributed by atoms with Gasteiger partial charge in [-0.15, -0.1) is 0 Å². The second-order valence-electron chi connectivity index (χ2n) is 5.84. The maximum absolute atomic E-state index is 12.3. The Bertz CT molecular complexity index is 528. The Morgan fingerprint density at radius 3 is 2.78 bits per heavy atom. The molecule has 0 radical (unpaired) electrons. The number of aromatic nitrogens is 1. The molecule has 0 aromatic carbocycles. The average molecular weight is 319 g/mol. The summed E-state index contributed by atoms with van der Waals surface area (Å²) in [5.41, 5.74) is 0.742. The van der Waals surface area contributed by atoms with Gasteiger partial charge in [0.15, 0.2) is 0 Å². The Morgan fingerprint density at radius 1 is 1.26 bits per heavy atom. The predicted molar refractivity (Wildman–Crippen MR) is 87.4 cm³/mol. The zero-order valence-electron chi connectivity index (χ0n) is 13.6. The summed E-state index contributed by atoms with van der Waals surface area (Å²) < 4.78 is 4.94. The predicted octanol–water partition coefficient (Wildman–Crippen LogP) is 1.91. The number of rotatable bonds is 7. The van der Waals surface area contributed by atoms with Gasteiger partial charge in [-0.2, -0.15) is 0 Å². The molecule has 1 aromatic heterocycles. The van der Waals surface area contributed by atoms with Crippen molar-refractivity contribution >= 4 is 11.8 Å². The number of carbonyl (C=O) groups is 2. The minimum atomic E-state index is -0.203. The second-order valence-corrected chi connectivity index (χ2v) is 5.84. The van der Waals surface area contributed by atoms with Gasteiger partial charge in [0.2, 0.25) is 0 Å². The highest BCUT2D eigenvalue weighted by molar-refractivity contribution is 5.98. The molecule has 0 atom stereocenters. The van der Waals surface area contributed by atoms with E-state index >= 15 is 0 Å². The normalized spacial score (nSPS) is 15.2. The van der Waals surface area contributed by atoms with E-state index in [1.54, 1.807) is 19.2 Å². The first kappa shape index (κ1) is 17.4. The molecule has 2 amide bonds. The van der Waals surface area contributed by atoms with Gasteiger partial charge in [0, 0.05) is 38.1 Å². The molecule has 2 N–H and O–H groups in total. The quantitative estimate of drug-likeness (QED) is 0.752. The Hall–Kier alpha value is -1.95. The molecule has 6 nitrogen and oxygen atoms in total. The van der Waals surface area contributed by atoms with Gasteiger partial charge < -0.3 is 15.4 Å². The van der Waals surface area contributed by atoms with Crippen molar-refractivity contribution in [3.63, 3.8) is 0 Å². The van der Waals surface area contributed by atoms with Gasteiger partial charge in [0.05, 0.1) is 0 Å². The van der Waals surface area contributed by atoms with Crippen molar-refractivity contribution in [1.29, 1.82) is 0 Å². The maximum Gasteiger partial charge on any atom is 0.270 e. The zero-order chi connectivity index (χ0) is 16.5. The minimum absolute atomic E-state index is 0.199. The van der Waals surface area contributed by atoms with Crippen LogP contribution < -0.4 is 10.6 Å². The Kier molecular flexibility index (Phi) is 7.00. The maximum atomic E-state index is 12.3. The van der Waals surface area contributed by atoms with E-state index in [1.165, 1.54) is 12.6 Å². The van der Waals surface area contributed by atoms with Crippen LogP contribution in [-0.2, 0) is 4.74 Å². The van der Waals surface area contributed by atoms with E-state index in [2.05, 4.69) is 15.6 Å². The van der Waals surface area contributed by atoms with Crippen LogP contribution in [0.5, 0.6) is 0 Å². The number of hydrogen-bond donors (Lipinski definition) is 2. The molecular formula is C17H25N3O3. The van der Waals surface area contributed by atoms with Crippen LogP contribution in [0.2, 0.25) is 0 Å². The van der Waals surface area contributed by atoms with Crippen molar-refractivity contribution in [3.05, 3.63) is 29.6 Å². The molecule has 0 bridgehead atoms. The summed E-state index contributed by atoms with van der Waals surface area (Å²) in [6.45, 7) is 1.14. The molecule has 2 rings (SSSR count). The van der Waals surface area contributed by atoms with Crippen LogP contribution in [0.25, 0.3) is 0 Å². The summed E-state index contributed by atoms with van der Waals surface area (Å²) in [6.07, 6.45) is 7.84. The molecule has 1 aromatic rings. The lowest BCUT2D eigenvalue weighted by Gasteiger charge is -2.22. The summed E-state index contributed by atoms with van der Waals surface area (Å²) in [6, 6.07) is 3.39. The summed E-state index contributed by atoms with van der Waals surface area (Å²) in [7, 11) is 1.63. The molecule has 0 unspecified atom stereocenters. The van der Waals surface area contributed by atoms with E-state index in [1.807, 2.05) is 0 Å². The number of ether oxygens (including phenoxy) is 1. The topological polar surface area (TPSA) is 80.3 Å². The fraction of sp³-hybridized carbons (Fsp3) is 0.588. The standard InChI is InChI=1S/C17H25N3O3/c1-23-11-5-9-19-16(21)13-8-10-18-15(12-13)17(22)20-14-6-3-2-4-7-14/h8,10,12,14H,2-7,9,11H2,1H3,(H,19,21)(H,20,22). The smallest absolute Gasteiger partial charge is 0.270 e. The number of nitrogens with one attached hydrogen (secondary N) is 2. The highest BCUT2D eigenvalue weighted by Gasteiger charge is 2.18. The van der Waals surface area contributed by atoms with Crippen LogP contribution in [-0.4, -0.2) is 43.1 Å². The number of hydrogen-bond acceptors (Lipinski definition) is 4. The van der Waals surface area contributed by atoms with Gasteiger partial charge in [-0.25, -0.2) is 0 Å². The third-order valence-electron chi connectivity index (χ3n) is 4.01. The van der Waals surface area contributed by atoms with E-state index in [-0.39, 0.29) is 17.9 Å². The monoisotopic (exact) mass is 319 g/mol. The van der Waals surface area contributed by atoms with Crippen LogP contribution in [0.3, 0.4) is 0 Å². The Morgan fingerprint density at radius 2 is 2.04 bits per heavy atom. The highest BCUT2D eigenvalue weighted by atomic mass is 16.5. The van der Waals surface area contributed by atoms with Gasteiger partial charge in [0.25, 0.3) is 11.8 Å². The van der Waals surface area contributed by atoms with Gasteiger partial charge in [-0.3, -0.25) is 14.6 Å². The second kappa shape index (κ2) is 9.25. The summed E-state index contributed by atoms with van der Waals surface area (Å²) in [5, 5.41) is 5.81. The number of nitrogens with zero attached hydrogens (tertiary/aromatic N) is 1. The average Bonchev–Trinajstić information content (AvgIpc) is 2.59. The van der Waals surface area contributed by atoms with Gasteiger partial charge in [0.1, 0.15) is 5.69 Å². The van der Waals surface area contributed by atoms with Crippen LogP contribution in [0.1, 0.15) is 59.4 Å². The Balaban J connectivity index is 1.90. The van der Waals surface area contributed by atoms with Gasteiger partial charge in [-0.05, 0) is 31.4 Å². The minimum Gasteiger partial charge on any atom is -0.385 e. The molecule has 0 spiro atoms. The van der Waals surface area contributed by atoms with Crippen molar-refractivity contribution < 1.29 is 14.3 Å². The van der Waals surface area contributed by atoms with Crippen molar-refractivity contribution in [2.45, 2.75) is 44.6 Å². The van der Waals surface area contributed by atoms with Crippen molar-refractivity contribution in [3.8, 4) is 0 Å². The molecular weight excluding hydrogens is 294 g/mol. The molecule has 0 saturated heterocycles. The van der Waals surface area contributed by atoms with Crippen molar-refractivity contribution in [2.24, 2.45) is 0 Å². The van der Waals surface area contributed by atoms with Crippen molar-refractivity contribution in [1.82, 2.24) is 15.6 Å². The fourth-order valence-corrected chi connectivity index (χ4v) is 2.72. The lowest BCUT2D eigenvalue weighted by Crippen LogP contribution is -2.36. The van der Waals surface area contributed by atoms with Crippen LogP contribution in [0.15, 0.2) is 18.3 Å². The molecule has 1 aliphatic rings. The molecule has 1 aliphatic carbocycles. The Labute approximate surface area is 137 Å². The molecule has 1 fully saturated rings. The molecule has 1 heterocycles. The van der Waals surface area contributed by atoms with Crippen LogP contribution >= 0.6 is 0 Å². The highest BCUT2D eigenvalue weighted by Crippen LogP contribution is 2.17. The summed E-state index contributed by atoms with van der Waals surface area (Å²) in [5.74, 6) is -0.402. The van der Waals surface area contributed by atoms with E-state index in [9.17, 15) is 9.59 Å². The number of methoxy groups -OCH3 is 1. The first-order valence-electron chi connectivity index (χ1n) is 8.25. The molecule has 23 heavy (non-hydrogen) atoms. The van der Waals surface area contributed by atoms with Crippen molar-refractivity contribution in [2.75, 3.05) is 20.3 Å². The SMILES string of the molecule is COCCCNC(=O)c1ccnc(C(=O)NC2CCCCC2)c1. The number of amides is 2. The van der Waals surface area contributed by atoms with Gasteiger partial charge >= 0.3 is 0 Å². The molecule has 1 saturated carbocycles. The molecule has 0 aliphatic heterocycles. The largest absolute Gasteiger partial charge is 0.385 e. The van der Waals surface area contributed by atoms with E-state index in [4.69, 9.17) is 4.74 Å². The molecule has 6 heteroatoms. The summed E-state index contributed by atoms with van der Waals surface area (Å²) >= 11 is 0.